The average molecular weight is 276 g/mol. The van der Waals surface area contributed by atoms with Gasteiger partial charge in [-0.25, -0.2) is 4.39 Å². The van der Waals surface area contributed by atoms with Crippen molar-refractivity contribution in [1.82, 2.24) is 5.32 Å². The molecule has 1 aromatic rings. The Balaban J connectivity index is 2.64. The molecule has 0 heterocycles. The molecule has 1 nitrogen and oxygen atoms in total. The predicted molar refractivity (Wildman–Crippen MR) is 75.6 cm³/mol. The number of likely N-dealkylation sites (N-methyl/N-ethyl adjacent to an activating group) is 1. The third-order valence-corrected chi connectivity index (χ3v) is 3.78. The van der Waals surface area contributed by atoms with Crippen LogP contribution in [0.1, 0.15) is 19.4 Å². The van der Waals surface area contributed by atoms with E-state index in [1.807, 2.05) is 11.8 Å². The minimum Gasteiger partial charge on any atom is -0.313 e. The number of benzene rings is 1. The van der Waals surface area contributed by atoms with Crippen LogP contribution in [0, 0.1) is 5.82 Å². The van der Waals surface area contributed by atoms with E-state index in [0.717, 1.165) is 23.6 Å². The molecular weight excluding hydrogens is 257 g/mol. The van der Waals surface area contributed by atoms with E-state index in [2.05, 4.69) is 19.2 Å². The van der Waals surface area contributed by atoms with Gasteiger partial charge in [-0.2, -0.15) is 11.8 Å². The highest BCUT2D eigenvalue weighted by atomic mass is 35.5. The molecule has 1 N–H and O–H groups in total. The minimum absolute atomic E-state index is 0.207. The van der Waals surface area contributed by atoms with Gasteiger partial charge >= 0.3 is 0 Å². The fourth-order valence-corrected chi connectivity index (χ4v) is 2.61. The van der Waals surface area contributed by atoms with Crippen LogP contribution in [0.4, 0.5) is 4.39 Å². The van der Waals surface area contributed by atoms with Crippen molar-refractivity contribution in [2.45, 2.75) is 26.3 Å². The second kappa shape index (κ2) is 7.96. The van der Waals surface area contributed by atoms with E-state index in [-0.39, 0.29) is 5.82 Å². The Morgan fingerprint density at radius 2 is 2.18 bits per heavy atom. The van der Waals surface area contributed by atoms with Crippen LogP contribution in [0.25, 0.3) is 0 Å². The largest absolute Gasteiger partial charge is 0.313 e. The first-order valence-electron chi connectivity index (χ1n) is 5.92. The molecule has 0 aliphatic rings. The van der Waals surface area contributed by atoms with Crippen molar-refractivity contribution in [3.8, 4) is 0 Å². The molecule has 0 fully saturated rings. The standard InChI is InChI=1S/C13H19ClFNS/c1-3-16-12(9-17-4-2)7-10-5-6-11(14)8-13(10)15/h5-6,8,12,16H,3-4,7,9H2,1-2H3. The molecule has 17 heavy (non-hydrogen) atoms. The lowest BCUT2D eigenvalue weighted by molar-refractivity contribution is 0.545. The molecule has 0 aliphatic heterocycles. The topological polar surface area (TPSA) is 12.0 Å². The highest BCUT2D eigenvalue weighted by Crippen LogP contribution is 2.17. The van der Waals surface area contributed by atoms with Gasteiger partial charge in [0.1, 0.15) is 5.82 Å². The lowest BCUT2D eigenvalue weighted by Gasteiger charge is -2.17. The van der Waals surface area contributed by atoms with E-state index >= 15 is 0 Å². The third-order valence-electron chi connectivity index (χ3n) is 2.50. The van der Waals surface area contributed by atoms with Crippen molar-refractivity contribution in [2.75, 3.05) is 18.1 Å². The van der Waals surface area contributed by atoms with Gasteiger partial charge in [0.05, 0.1) is 0 Å². The number of hydrogen-bond donors (Lipinski definition) is 1. The molecule has 1 aromatic carbocycles. The zero-order valence-corrected chi connectivity index (χ0v) is 11.9. The van der Waals surface area contributed by atoms with Gasteiger partial charge in [0.25, 0.3) is 0 Å². The van der Waals surface area contributed by atoms with Crippen LogP contribution in [-0.2, 0) is 6.42 Å². The van der Waals surface area contributed by atoms with Gasteiger partial charge in [-0.05, 0) is 36.4 Å². The van der Waals surface area contributed by atoms with Crippen molar-refractivity contribution >= 4 is 23.4 Å². The van der Waals surface area contributed by atoms with Crippen molar-refractivity contribution in [2.24, 2.45) is 0 Å². The highest BCUT2D eigenvalue weighted by molar-refractivity contribution is 7.99. The fraction of sp³-hybridized carbons (Fsp3) is 0.538. The average Bonchev–Trinajstić information content (AvgIpc) is 2.29. The van der Waals surface area contributed by atoms with E-state index in [1.54, 1.807) is 12.1 Å². The monoisotopic (exact) mass is 275 g/mol. The van der Waals surface area contributed by atoms with Gasteiger partial charge in [-0.3, -0.25) is 0 Å². The highest BCUT2D eigenvalue weighted by Gasteiger charge is 2.11. The summed E-state index contributed by atoms with van der Waals surface area (Å²) in [5.41, 5.74) is 0.733. The maximum absolute atomic E-state index is 13.7. The van der Waals surface area contributed by atoms with Crippen LogP contribution in [0.15, 0.2) is 18.2 Å². The van der Waals surface area contributed by atoms with E-state index in [4.69, 9.17) is 11.6 Å². The quantitative estimate of drug-likeness (QED) is 0.813. The van der Waals surface area contributed by atoms with Crippen LogP contribution in [0.3, 0.4) is 0 Å². The fourth-order valence-electron chi connectivity index (χ4n) is 1.69. The first kappa shape index (κ1) is 14.8. The molecule has 1 atom stereocenters. The van der Waals surface area contributed by atoms with Crippen LogP contribution < -0.4 is 5.32 Å². The molecule has 1 rings (SSSR count). The van der Waals surface area contributed by atoms with Crippen molar-refractivity contribution in [1.29, 1.82) is 0 Å². The van der Waals surface area contributed by atoms with Crippen LogP contribution in [0.2, 0.25) is 5.02 Å². The summed E-state index contributed by atoms with van der Waals surface area (Å²) in [6.07, 6.45) is 0.712. The Bertz CT molecular complexity index is 346. The number of thioether (sulfide) groups is 1. The first-order valence-corrected chi connectivity index (χ1v) is 7.45. The number of nitrogens with one attached hydrogen (secondary N) is 1. The Hall–Kier alpha value is -0.250. The van der Waals surface area contributed by atoms with Gasteiger partial charge in [0.2, 0.25) is 0 Å². The molecule has 0 radical (unpaired) electrons. The lowest BCUT2D eigenvalue weighted by atomic mass is 10.1. The summed E-state index contributed by atoms with van der Waals surface area (Å²) in [7, 11) is 0. The maximum Gasteiger partial charge on any atom is 0.127 e. The van der Waals surface area contributed by atoms with Crippen molar-refractivity contribution < 1.29 is 4.39 Å². The van der Waals surface area contributed by atoms with Gasteiger partial charge in [0.15, 0.2) is 0 Å². The third kappa shape index (κ3) is 5.28. The van der Waals surface area contributed by atoms with Crippen LogP contribution in [-0.4, -0.2) is 24.1 Å². The summed E-state index contributed by atoms with van der Waals surface area (Å²) >= 11 is 7.61. The number of rotatable bonds is 7. The zero-order valence-electron chi connectivity index (χ0n) is 10.3. The summed E-state index contributed by atoms with van der Waals surface area (Å²) in [5, 5.41) is 3.84. The van der Waals surface area contributed by atoms with Crippen molar-refractivity contribution in [3.05, 3.63) is 34.6 Å². The van der Waals surface area contributed by atoms with Gasteiger partial charge < -0.3 is 5.32 Å². The second-order valence-corrected chi connectivity index (χ2v) is 5.61. The molecule has 0 spiro atoms. The van der Waals surface area contributed by atoms with Crippen LogP contribution >= 0.6 is 23.4 Å². The van der Waals surface area contributed by atoms with Crippen molar-refractivity contribution in [3.63, 3.8) is 0 Å². The van der Waals surface area contributed by atoms with Crippen LogP contribution in [0.5, 0.6) is 0 Å². The number of halogens is 2. The molecule has 1 unspecified atom stereocenters. The summed E-state index contributed by atoms with van der Waals surface area (Å²) in [4.78, 5) is 0. The summed E-state index contributed by atoms with van der Waals surface area (Å²) < 4.78 is 13.7. The second-order valence-electron chi connectivity index (χ2n) is 3.85. The molecule has 0 bridgehead atoms. The molecule has 0 saturated heterocycles. The van der Waals surface area contributed by atoms with Gasteiger partial charge in [-0.1, -0.05) is 31.5 Å². The molecule has 0 aliphatic carbocycles. The van der Waals surface area contributed by atoms with E-state index < -0.39 is 0 Å². The summed E-state index contributed by atoms with van der Waals surface area (Å²) in [5.74, 6) is 1.89. The molecular formula is C13H19ClFNS. The zero-order chi connectivity index (χ0) is 12.7. The lowest BCUT2D eigenvalue weighted by Crippen LogP contribution is -2.33. The molecule has 0 saturated carbocycles. The summed E-state index contributed by atoms with van der Waals surface area (Å²) in [6.45, 7) is 5.11. The smallest absolute Gasteiger partial charge is 0.127 e. The SMILES string of the molecule is CCNC(CSCC)Cc1ccc(Cl)cc1F. The molecule has 0 aromatic heterocycles. The van der Waals surface area contributed by atoms with Gasteiger partial charge in [0, 0.05) is 16.8 Å². The Kier molecular flexibility index (Phi) is 6.93. The molecule has 4 heteroatoms. The van der Waals surface area contributed by atoms with E-state index in [1.165, 1.54) is 6.07 Å². The predicted octanol–water partition coefficient (Wildman–Crippen LogP) is 3.75. The minimum atomic E-state index is -0.207. The maximum atomic E-state index is 13.7. The van der Waals surface area contributed by atoms with E-state index in [0.29, 0.717) is 17.5 Å². The Morgan fingerprint density at radius 3 is 2.76 bits per heavy atom. The Labute approximate surface area is 112 Å². The van der Waals surface area contributed by atoms with Gasteiger partial charge in [-0.15, -0.1) is 0 Å². The molecule has 0 amide bonds. The summed E-state index contributed by atoms with van der Waals surface area (Å²) in [6, 6.07) is 5.22. The Morgan fingerprint density at radius 1 is 1.41 bits per heavy atom. The van der Waals surface area contributed by atoms with E-state index in [9.17, 15) is 4.39 Å². The normalized spacial score (nSPS) is 12.7. The molecule has 96 valence electrons. The number of hydrogen-bond acceptors (Lipinski definition) is 2. The first-order chi connectivity index (χ1) is 8.17.